The Morgan fingerprint density at radius 3 is 2.56 bits per heavy atom. The maximum absolute atomic E-state index is 11.2. The molecule has 0 radical (unpaired) electrons. The zero-order valence-electron chi connectivity index (χ0n) is 14.2. The molecule has 1 aliphatic carbocycles. The highest BCUT2D eigenvalue weighted by Gasteiger charge is 2.41. The van der Waals surface area contributed by atoms with Crippen LogP contribution in [0.3, 0.4) is 0 Å². The fourth-order valence-corrected chi connectivity index (χ4v) is 3.95. The molecule has 132 valence electrons. The molecule has 1 unspecified atom stereocenters. The molecule has 6 heteroatoms. The van der Waals surface area contributed by atoms with Crippen molar-refractivity contribution < 1.29 is 14.3 Å². The predicted molar refractivity (Wildman–Crippen MR) is 99.3 cm³/mol. The molecule has 1 atom stereocenters. The average molecular weight is 380 g/mol. The third kappa shape index (κ3) is 3.16. The van der Waals surface area contributed by atoms with Gasteiger partial charge in [-0.05, 0) is 35.2 Å². The van der Waals surface area contributed by atoms with Gasteiger partial charge in [0, 0.05) is 11.0 Å². The monoisotopic (exact) mass is 379 g/mol. The van der Waals surface area contributed by atoms with Crippen molar-refractivity contribution in [2.75, 3.05) is 7.11 Å². The Labute approximate surface area is 156 Å². The Hall–Kier alpha value is -1.91. The van der Waals surface area contributed by atoms with Crippen LogP contribution in [0.5, 0.6) is 5.75 Å². The fraction of sp³-hybridized carbons (Fsp3) is 0.316. The minimum Gasteiger partial charge on any atom is -0.495 e. The number of hydrogen-bond acceptors (Lipinski definition) is 3. The Bertz CT molecular complexity index is 849. The second-order valence-corrected chi connectivity index (χ2v) is 7.60. The maximum Gasteiger partial charge on any atom is 0.405 e. The summed E-state index contributed by atoms with van der Waals surface area (Å²) in [6.45, 7) is 4.11. The number of carbonyl (C=O) groups excluding carboxylic acids is 1. The van der Waals surface area contributed by atoms with Crippen LogP contribution < -0.4 is 10.5 Å². The number of ether oxygens (including phenoxy) is 2. The molecule has 0 bridgehead atoms. The SMILES string of the molecule is COc1ccc(-c2ccc3c(c2)CC(C)(C)C3OC(N)=O)c(Cl)c1Cl. The summed E-state index contributed by atoms with van der Waals surface area (Å²) in [5.74, 6) is 0.535. The van der Waals surface area contributed by atoms with Crippen molar-refractivity contribution in [1.29, 1.82) is 0 Å². The summed E-state index contributed by atoms with van der Waals surface area (Å²) in [4.78, 5) is 11.2. The van der Waals surface area contributed by atoms with E-state index >= 15 is 0 Å². The molecule has 0 saturated carbocycles. The van der Waals surface area contributed by atoms with Crippen LogP contribution >= 0.6 is 23.2 Å². The molecule has 2 aromatic carbocycles. The summed E-state index contributed by atoms with van der Waals surface area (Å²) >= 11 is 12.7. The van der Waals surface area contributed by atoms with Crippen LogP contribution in [-0.4, -0.2) is 13.2 Å². The Balaban J connectivity index is 2.04. The lowest BCUT2D eigenvalue weighted by molar-refractivity contribution is 0.0392. The first-order valence-electron chi connectivity index (χ1n) is 7.86. The number of amides is 1. The quantitative estimate of drug-likeness (QED) is 0.777. The number of methoxy groups -OCH3 is 1. The molecule has 0 aliphatic heterocycles. The normalized spacial score (nSPS) is 17.9. The van der Waals surface area contributed by atoms with Crippen molar-refractivity contribution in [2.24, 2.45) is 11.1 Å². The lowest BCUT2D eigenvalue weighted by Crippen LogP contribution is -2.25. The first-order chi connectivity index (χ1) is 11.7. The van der Waals surface area contributed by atoms with Crippen LogP contribution in [0.2, 0.25) is 10.0 Å². The molecule has 1 aliphatic rings. The Kier molecular flexibility index (Phi) is 4.60. The molecule has 0 heterocycles. The van der Waals surface area contributed by atoms with Gasteiger partial charge in [0.2, 0.25) is 0 Å². The van der Waals surface area contributed by atoms with E-state index in [2.05, 4.69) is 19.9 Å². The number of carbonyl (C=O) groups is 1. The highest BCUT2D eigenvalue weighted by atomic mass is 35.5. The lowest BCUT2D eigenvalue weighted by atomic mass is 9.87. The van der Waals surface area contributed by atoms with Crippen LogP contribution in [0.25, 0.3) is 11.1 Å². The largest absolute Gasteiger partial charge is 0.495 e. The zero-order chi connectivity index (χ0) is 18.4. The van der Waals surface area contributed by atoms with Crippen LogP contribution in [0.15, 0.2) is 30.3 Å². The summed E-state index contributed by atoms with van der Waals surface area (Å²) in [5, 5.41) is 0.834. The number of rotatable bonds is 3. The standard InChI is InChI=1S/C19H19Cl2NO3/c1-19(2)9-11-8-10(4-5-13(11)17(19)25-18(22)23)12-6-7-14(24-3)16(21)15(12)20/h4-8,17H,9H2,1-3H3,(H2,22,23). The number of nitrogens with two attached hydrogens (primary N) is 1. The summed E-state index contributed by atoms with van der Waals surface area (Å²) in [6, 6.07) is 9.64. The average Bonchev–Trinajstić information content (AvgIpc) is 2.79. The molecular formula is C19H19Cl2NO3. The van der Waals surface area contributed by atoms with Crippen LogP contribution in [-0.2, 0) is 11.2 Å². The number of halogens is 2. The molecule has 0 aromatic heterocycles. The van der Waals surface area contributed by atoms with Crippen molar-refractivity contribution in [2.45, 2.75) is 26.4 Å². The minimum absolute atomic E-state index is 0.225. The van der Waals surface area contributed by atoms with E-state index in [1.807, 2.05) is 18.2 Å². The number of fused-ring (bicyclic) bond motifs is 1. The molecule has 3 rings (SSSR count). The highest BCUT2D eigenvalue weighted by molar-refractivity contribution is 6.44. The van der Waals surface area contributed by atoms with E-state index in [1.165, 1.54) is 0 Å². The van der Waals surface area contributed by atoms with E-state index in [0.29, 0.717) is 15.8 Å². The summed E-state index contributed by atoms with van der Waals surface area (Å²) in [5.41, 5.74) is 8.86. The van der Waals surface area contributed by atoms with Gasteiger partial charge in [-0.1, -0.05) is 55.2 Å². The van der Waals surface area contributed by atoms with Crippen molar-refractivity contribution >= 4 is 29.3 Å². The van der Waals surface area contributed by atoms with Gasteiger partial charge in [-0.2, -0.15) is 0 Å². The molecule has 0 fully saturated rings. The second-order valence-electron chi connectivity index (χ2n) is 6.84. The van der Waals surface area contributed by atoms with Gasteiger partial charge in [0.1, 0.15) is 16.9 Å². The van der Waals surface area contributed by atoms with Gasteiger partial charge in [0.15, 0.2) is 0 Å². The molecule has 1 amide bonds. The summed E-state index contributed by atoms with van der Waals surface area (Å²) < 4.78 is 10.5. The second kappa shape index (κ2) is 6.43. The van der Waals surface area contributed by atoms with Crippen molar-refractivity contribution in [3.05, 3.63) is 51.5 Å². The predicted octanol–water partition coefficient (Wildman–Crippen LogP) is 5.39. The van der Waals surface area contributed by atoms with Gasteiger partial charge < -0.3 is 15.2 Å². The Morgan fingerprint density at radius 2 is 1.92 bits per heavy atom. The fourth-order valence-electron chi connectivity index (χ4n) is 3.44. The first-order valence-corrected chi connectivity index (χ1v) is 8.61. The zero-order valence-corrected chi connectivity index (χ0v) is 15.7. The van der Waals surface area contributed by atoms with Gasteiger partial charge >= 0.3 is 6.09 Å². The number of primary amides is 1. The number of benzene rings is 2. The lowest BCUT2D eigenvalue weighted by Gasteiger charge is -2.26. The van der Waals surface area contributed by atoms with E-state index in [-0.39, 0.29) is 11.5 Å². The minimum atomic E-state index is -0.764. The van der Waals surface area contributed by atoms with E-state index in [4.69, 9.17) is 38.4 Å². The van der Waals surface area contributed by atoms with Crippen molar-refractivity contribution in [3.63, 3.8) is 0 Å². The van der Waals surface area contributed by atoms with Crippen LogP contribution in [0.4, 0.5) is 4.79 Å². The van der Waals surface area contributed by atoms with Gasteiger partial charge in [0.05, 0.1) is 12.1 Å². The van der Waals surface area contributed by atoms with Gasteiger partial charge in [-0.15, -0.1) is 0 Å². The van der Waals surface area contributed by atoms with Crippen LogP contribution in [0.1, 0.15) is 31.1 Å². The molecule has 2 N–H and O–H groups in total. The number of hydrogen-bond donors (Lipinski definition) is 1. The first kappa shape index (κ1) is 17.9. The molecule has 2 aromatic rings. The highest BCUT2D eigenvalue weighted by Crippen LogP contribution is 2.49. The van der Waals surface area contributed by atoms with Crippen molar-refractivity contribution in [1.82, 2.24) is 0 Å². The molecular weight excluding hydrogens is 361 g/mol. The molecule has 0 spiro atoms. The maximum atomic E-state index is 11.2. The topological polar surface area (TPSA) is 61.6 Å². The summed E-state index contributed by atoms with van der Waals surface area (Å²) in [7, 11) is 1.55. The third-order valence-corrected chi connectivity index (χ3v) is 5.46. The van der Waals surface area contributed by atoms with Gasteiger partial charge in [0.25, 0.3) is 0 Å². The smallest absolute Gasteiger partial charge is 0.405 e. The van der Waals surface area contributed by atoms with Gasteiger partial charge in [-0.3, -0.25) is 0 Å². The summed E-state index contributed by atoms with van der Waals surface area (Å²) in [6.07, 6.45) is -0.348. The molecule has 25 heavy (non-hydrogen) atoms. The van der Waals surface area contributed by atoms with Gasteiger partial charge in [-0.25, -0.2) is 4.79 Å². The molecule has 4 nitrogen and oxygen atoms in total. The van der Waals surface area contributed by atoms with Crippen LogP contribution in [0, 0.1) is 5.41 Å². The third-order valence-electron chi connectivity index (χ3n) is 4.59. The van der Waals surface area contributed by atoms with E-state index in [1.54, 1.807) is 13.2 Å². The Morgan fingerprint density at radius 1 is 1.20 bits per heavy atom. The van der Waals surface area contributed by atoms with E-state index in [0.717, 1.165) is 28.7 Å². The van der Waals surface area contributed by atoms with Crippen molar-refractivity contribution in [3.8, 4) is 16.9 Å². The molecule has 0 saturated heterocycles. The van der Waals surface area contributed by atoms with E-state index in [9.17, 15) is 4.79 Å². The van der Waals surface area contributed by atoms with E-state index < -0.39 is 6.09 Å².